The molecule has 1 nitrogen and oxygen atoms in total. The fourth-order valence-corrected chi connectivity index (χ4v) is 3.12. The predicted octanol–water partition coefficient (Wildman–Crippen LogP) is 4.59. The maximum Gasteiger partial charge on any atom is 0.0550 e. The van der Waals surface area contributed by atoms with Crippen LogP contribution in [0.25, 0.3) is 0 Å². The van der Waals surface area contributed by atoms with E-state index in [0.717, 1.165) is 0 Å². The topological polar surface area (TPSA) is 3.24 Å². The highest BCUT2D eigenvalue weighted by molar-refractivity contribution is 8.03. The summed E-state index contributed by atoms with van der Waals surface area (Å²) in [5.41, 5.74) is 2.54. The molecule has 17 heavy (non-hydrogen) atoms. The van der Waals surface area contributed by atoms with E-state index in [1.165, 1.54) is 21.2 Å². The number of anilines is 1. The van der Waals surface area contributed by atoms with Crippen molar-refractivity contribution >= 4 is 17.4 Å². The molecule has 0 radical (unpaired) electrons. The Kier molecular flexibility index (Phi) is 3.75. The van der Waals surface area contributed by atoms with Gasteiger partial charge in [-0.1, -0.05) is 42.1 Å². The second-order valence-electron chi connectivity index (χ2n) is 3.88. The smallest absolute Gasteiger partial charge is 0.0550 e. The van der Waals surface area contributed by atoms with Crippen LogP contribution in [0.3, 0.4) is 0 Å². The van der Waals surface area contributed by atoms with Crippen molar-refractivity contribution in [2.75, 3.05) is 11.9 Å². The standard InChI is InChI=1S/C15H17NS/c1-4-8-12-14(9-5-2)17-15-11-7-6-10-13(15)16(12)3/h4-11H,1-3H3. The van der Waals surface area contributed by atoms with E-state index in [9.17, 15) is 0 Å². The molecule has 0 aliphatic carbocycles. The number of benzene rings is 1. The molecule has 1 aromatic rings. The van der Waals surface area contributed by atoms with Crippen LogP contribution < -0.4 is 4.90 Å². The number of rotatable bonds is 2. The third kappa shape index (κ3) is 2.32. The van der Waals surface area contributed by atoms with Gasteiger partial charge in [-0.05, 0) is 32.1 Å². The molecule has 0 N–H and O–H groups in total. The van der Waals surface area contributed by atoms with Gasteiger partial charge >= 0.3 is 0 Å². The zero-order valence-electron chi connectivity index (χ0n) is 10.5. The third-order valence-corrected chi connectivity index (χ3v) is 3.83. The van der Waals surface area contributed by atoms with Crippen molar-refractivity contribution in [3.8, 4) is 0 Å². The monoisotopic (exact) mass is 243 g/mol. The average molecular weight is 243 g/mol. The molecule has 0 amide bonds. The summed E-state index contributed by atoms with van der Waals surface area (Å²) in [4.78, 5) is 4.87. The molecule has 1 heterocycles. The van der Waals surface area contributed by atoms with Crippen LogP contribution in [0.4, 0.5) is 5.69 Å². The van der Waals surface area contributed by atoms with Gasteiger partial charge in [0.1, 0.15) is 0 Å². The summed E-state index contributed by atoms with van der Waals surface area (Å²) in [5.74, 6) is 0. The molecule has 2 rings (SSSR count). The molecule has 0 saturated heterocycles. The summed E-state index contributed by atoms with van der Waals surface area (Å²) in [6, 6.07) is 8.52. The lowest BCUT2D eigenvalue weighted by Gasteiger charge is -2.29. The molecule has 0 aromatic heterocycles. The Bertz CT molecular complexity index is 497. The number of allylic oxidation sites excluding steroid dienone is 4. The van der Waals surface area contributed by atoms with Crippen molar-refractivity contribution in [3.63, 3.8) is 0 Å². The van der Waals surface area contributed by atoms with Crippen LogP contribution in [0.2, 0.25) is 0 Å². The molecule has 88 valence electrons. The number of para-hydroxylation sites is 1. The van der Waals surface area contributed by atoms with Crippen LogP contribution >= 0.6 is 11.8 Å². The number of hydrogen-bond acceptors (Lipinski definition) is 2. The number of fused-ring (bicyclic) bond motifs is 1. The van der Waals surface area contributed by atoms with E-state index < -0.39 is 0 Å². The van der Waals surface area contributed by atoms with Crippen LogP contribution in [0, 0.1) is 0 Å². The van der Waals surface area contributed by atoms with Gasteiger partial charge in [0.25, 0.3) is 0 Å². The van der Waals surface area contributed by atoms with Gasteiger partial charge in [-0.25, -0.2) is 0 Å². The fourth-order valence-electron chi connectivity index (χ4n) is 1.91. The highest BCUT2D eigenvalue weighted by Crippen LogP contribution is 2.43. The van der Waals surface area contributed by atoms with E-state index in [2.05, 4.69) is 74.4 Å². The molecule has 0 bridgehead atoms. The van der Waals surface area contributed by atoms with Crippen LogP contribution in [0.1, 0.15) is 13.8 Å². The highest BCUT2D eigenvalue weighted by atomic mass is 32.2. The SMILES string of the molecule is CC=CC1=C(C=CC)N(C)c2ccccc2S1. The zero-order valence-corrected chi connectivity index (χ0v) is 11.3. The molecule has 1 aromatic carbocycles. The Hall–Kier alpha value is -1.41. The van der Waals surface area contributed by atoms with Crippen molar-refractivity contribution in [2.24, 2.45) is 0 Å². The Morgan fingerprint density at radius 2 is 1.76 bits per heavy atom. The van der Waals surface area contributed by atoms with Crippen molar-refractivity contribution in [2.45, 2.75) is 18.7 Å². The third-order valence-electron chi connectivity index (χ3n) is 2.70. The number of thioether (sulfide) groups is 1. The lowest BCUT2D eigenvalue weighted by molar-refractivity contribution is 1.09. The van der Waals surface area contributed by atoms with Gasteiger partial charge in [-0.3, -0.25) is 0 Å². The maximum atomic E-state index is 2.25. The van der Waals surface area contributed by atoms with Gasteiger partial charge in [-0.2, -0.15) is 0 Å². The largest absolute Gasteiger partial charge is 0.343 e. The quantitative estimate of drug-likeness (QED) is 0.747. The first-order chi connectivity index (χ1) is 8.27. The van der Waals surface area contributed by atoms with Crippen LogP contribution in [-0.4, -0.2) is 7.05 Å². The zero-order chi connectivity index (χ0) is 12.3. The second-order valence-corrected chi connectivity index (χ2v) is 4.96. The van der Waals surface area contributed by atoms with Crippen LogP contribution in [0.15, 0.2) is 64.1 Å². The van der Waals surface area contributed by atoms with Crippen molar-refractivity contribution < 1.29 is 0 Å². The molecule has 2 heteroatoms. The van der Waals surface area contributed by atoms with Gasteiger partial charge < -0.3 is 4.90 Å². The van der Waals surface area contributed by atoms with E-state index in [1.807, 2.05) is 11.8 Å². The van der Waals surface area contributed by atoms with E-state index in [-0.39, 0.29) is 0 Å². The summed E-state index contributed by atoms with van der Waals surface area (Å²) >= 11 is 1.83. The number of nitrogens with zero attached hydrogens (tertiary/aromatic N) is 1. The Morgan fingerprint density at radius 1 is 1.06 bits per heavy atom. The van der Waals surface area contributed by atoms with E-state index in [1.54, 1.807) is 0 Å². The molecule has 0 atom stereocenters. The maximum absolute atomic E-state index is 2.25. The van der Waals surface area contributed by atoms with Crippen LogP contribution in [-0.2, 0) is 0 Å². The first-order valence-electron chi connectivity index (χ1n) is 5.78. The lowest BCUT2D eigenvalue weighted by Crippen LogP contribution is -2.19. The van der Waals surface area contributed by atoms with E-state index >= 15 is 0 Å². The van der Waals surface area contributed by atoms with Gasteiger partial charge in [0, 0.05) is 16.8 Å². The summed E-state index contributed by atoms with van der Waals surface area (Å²) in [6.07, 6.45) is 8.52. The lowest BCUT2D eigenvalue weighted by atomic mass is 10.2. The summed E-state index contributed by atoms with van der Waals surface area (Å²) in [6.45, 7) is 4.11. The minimum absolute atomic E-state index is 1.26. The van der Waals surface area contributed by atoms with Gasteiger partial charge in [0.15, 0.2) is 0 Å². The average Bonchev–Trinajstić information content (AvgIpc) is 2.34. The fraction of sp³-hybridized carbons (Fsp3) is 0.200. The summed E-state index contributed by atoms with van der Waals surface area (Å²) in [5, 5.41) is 0. The number of likely N-dealkylation sites (N-methyl/N-ethyl adjacent to an activating group) is 1. The molecule has 0 unspecified atom stereocenters. The van der Waals surface area contributed by atoms with Crippen molar-refractivity contribution in [3.05, 3.63) is 59.2 Å². The molecular weight excluding hydrogens is 226 g/mol. The second kappa shape index (κ2) is 5.28. The Balaban J connectivity index is 2.52. The predicted molar refractivity (Wildman–Crippen MR) is 77.4 cm³/mol. The summed E-state index contributed by atoms with van der Waals surface area (Å²) < 4.78 is 0. The van der Waals surface area contributed by atoms with Crippen molar-refractivity contribution in [1.29, 1.82) is 0 Å². The Morgan fingerprint density at radius 3 is 2.47 bits per heavy atom. The minimum Gasteiger partial charge on any atom is -0.343 e. The first kappa shape index (κ1) is 12.1. The summed E-state index contributed by atoms with van der Waals surface area (Å²) in [7, 11) is 2.12. The molecule has 1 aliphatic heterocycles. The van der Waals surface area contributed by atoms with Crippen molar-refractivity contribution in [1.82, 2.24) is 0 Å². The van der Waals surface area contributed by atoms with E-state index in [0.29, 0.717) is 0 Å². The first-order valence-corrected chi connectivity index (χ1v) is 6.60. The molecular formula is C15H17NS. The number of hydrogen-bond donors (Lipinski definition) is 0. The molecule has 0 fully saturated rings. The van der Waals surface area contributed by atoms with Gasteiger partial charge in [0.05, 0.1) is 11.4 Å². The molecule has 1 aliphatic rings. The van der Waals surface area contributed by atoms with Gasteiger partial charge in [0.2, 0.25) is 0 Å². The van der Waals surface area contributed by atoms with E-state index in [4.69, 9.17) is 0 Å². The van der Waals surface area contributed by atoms with Crippen LogP contribution in [0.5, 0.6) is 0 Å². The highest BCUT2D eigenvalue weighted by Gasteiger charge is 2.19. The molecule has 0 spiro atoms. The Labute approximate surface area is 108 Å². The normalized spacial score (nSPS) is 16.1. The molecule has 0 saturated carbocycles. The van der Waals surface area contributed by atoms with Gasteiger partial charge in [-0.15, -0.1) is 0 Å². The minimum atomic E-state index is 1.26.